The molecule has 0 aliphatic heterocycles. The minimum absolute atomic E-state index is 0.0467. The second kappa shape index (κ2) is 15.6. The van der Waals surface area contributed by atoms with Gasteiger partial charge in [-0.1, -0.05) is 12.1 Å². The van der Waals surface area contributed by atoms with Gasteiger partial charge in [-0.3, -0.25) is 19.2 Å². The second-order valence-electron chi connectivity index (χ2n) is 7.90. The van der Waals surface area contributed by atoms with E-state index in [9.17, 15) is 39.3 Å². The molecule has 0 heterocycles. The zero-order valence-corrected chi connectivity index (χ0v) is 20.5. The van der Waals surface area contributed by atoms with Crippen molar-refractivity contribution in [2.24, 2.45) is 5.73 Å². The summed E-state index contributed by atoms with van der Waals surface area (Å²) in [4.78, 5) is 60.0. The van der Waals surface area contributed by atoms with E-state index in [1.54, 1.807) is 18.4 Å². The number of benzene rings is 1. The topological polar surface area (TPSA) is 228 Å². The van der Waals surface area contributed by atoms with Crippen LogP contribution >= 0.6 is 11.8 Å². The standard InChI is InChI=1S/C22H32N4O9S/c1-36-9-8-15(20(32)25-16(22(34)35)6-7-18(29)30)24-21(33)17(11-27)26-19(31)14(23)10-12-2-4-13(28)5-3-12/h2-5,14-17,27-28H,6-11,23H2,1H3,(H,24,33)(H,25,32)(H,26,31)(H,29,30)(H,34,35). The quantitative estimate of drug-likeness (QED) is 0.122. The van der Waals surface area contributed by atoms with Crippen molar-refractivity contribution < 1.29 is 44.4 Å². The monoisotopic (exact) mass is 528 g/mol. The zero-order valence-electron chi connectivity index (χ0n) is 19.7. The van der Waals surface area contributed by atoms with Gasteiger partial charge in [0.25, 0.3) is 0 Å². The van der Waals surface area contributed by atoms with Gasteiger partial charge < -0.3 is 42.1 Å². The first-order valence-electron chi connectivity index (χ1n) is 11.0. The molecule has 0 saturated heterocycles. The largest absolute Gasteiger partial charge is 0.508 e. The van der Waals surface area contributed by atoms with Crippen LogP contribution < -0.4 is 21.7 Å². The number of phenolic OH excluding ortho intramolecular Hbond substituents is 1. The molecule has 0 aromatic heterocycles. The Hall–Kier alpha value is -3.36. The number of hydrogen-bond acceptors (Lipinski definition) is 9. The van der Waals surface area contributed by atoms with E-state index in [4.69, 9.17) is 10.8 Å². The summed E-state index contributed by atoms with van der Waals surface area (Å²) in [6.45, 7) is -0.795. The fraction of sp³-hybridized carbons (Fsp3) is 0.500. The van der Waals surface area contributed by atoms with Crippen molar-refractivity contribution in [3.05, 3.63) is 29.8 Å². The molecule has 1 aromatic rings. The number of aliphatic carboxylic acids is 2. The third kappa shape index (κ3) is 10.9. The Morgan fingerprint density at radius 3 is 1.97 bits per heavy atom. The van der Waals surface area contributed by atoms with Gasteiger partial charge in [-0.25, -0.2) is 4.79 Å². The van der Waals surface area contributed by atoms with E-state index in [1.807, 2.05) is 0 Å². The number of rotatable bonds is 16. The number of aromatic hydroxyl groups is 1. The van der Waals surface area contributed by atoms with Gasteiger partial charge >= 0.3 is 11.9 Å². The summed E-state index contributed by atoms with van der Waals surface area (Å²) in [5.74, 6) is -4.66. The summed E-state index contributed by atoms with van der Waals surface area (Å²) in [5, 5.41) is 43.9. The third-order valence-electron chi connectivity index (χ3n) is 5.05. The number of nitrogens with one attached hydrogen (secondary N) is 3. The number of aliphatic hydroxyl groups excluding tert-OH is 1. The molecule has 1 aromatic carbocycles. The van der Waals surface area contributed by atoms with Gasteiger partial charge in [0.05, 0.1) is 12.6 Å². The van der Waals surface area contributed by atoms with Crippen LogP contribution in [-0.2, 0) is 30.4 Å². The summed E-state index contributed by atoms with van der Waals surface area (Å²) in [7, 11) is 0. The van der Waals surface area contributed by atoms with E-state index in [2.05, 4.69) is 16.0 Å². The van der Waals surface area contributed by atoms with Crippen molar-refractivity contribution in [3.63, 3.8) is 0 Å². The third-order valence-corrected chi connectivity index (χ3v) is 5.69. The number of thioether (sulfide) groups is 1. The number of amides is 3. The molecule has 0 radical (unpaired) electrons. The molecule has 0 fully saturated rings. The van der Waals surface area contributed by atoms with Gasteiger partial charge in [0, 0.05) is 6.42 Å². The number of carbonyl (C=O) groups excluding carboxylic acids is 3. The molecule has 0 saturated carbocycles. The minimum Gasteiger partial charge on any atom is -0.508 e. The first kappa shape index (κ1) is 30.7. The molecule has 200 valence electrons. The van der Waals surface area contributed by atoms with Crippen LogP contribution in [0.2, 0.25) is 0 Å². The molecular formula is C22H32N4O9S. The lowest BCUT2D eigenvalue weighted by molar-refractivity contribution is -0.143. The van der Waals surface area contributed by atoms with Gasteiger partial charge in [0.1, 0.15) is 23.9 Å². The van der Waals surface area contributed by atoms with Crippen LogP contribution in [0, 0.1) is 0 Å². The highest BCUT2D eigenvalue weighted by Gasteiger charge is 2.30. The van der Waals surface area contributed by atoms with E-state index in [-0.39, 0.29) is 25.0 Å². The number of hydrogen-bond donors (Lipinski definition) is 8. The molecule has 14 heteroatoms. The predicted molar refractivity (Wildman–Crippen MR) is 130 cm³/mol. The lowest BCUT2D eigenvalue weighted by Crippen LogP contribution is -2.58. The number of phenols is 1. The molecule has 4 atom stereocenters. The van der Waals surface area contributed by atoms with E-state index >= 15 is 0 Å². The SMILES string of the molecule is CSCCC(NC(=O)C(CO)NC(=O)C(N)Cc1ccc(O)cc1)C(=O)NC(CCC(=O)O)C(=O)O. The highest BCUT2D eigenvalue weighted by molar-refractivity contribution is 7.98. The molecule has 3 amide bonds. The van der Waals surface area contributed by atoms with Crippen LogP contribution in [0.5, 0.6) is 5.75 Å². The van der Waals surface area contributed by atoms with Crippen LogP contribution in [0.15, 0.2) is 24.3 Å². The van der Waals surface area contributed by atoms with Gasteiger partial charge in [-0.15, -0.1) is 0 Å². The van der Waals surface area contributed by atoms with Crippen LogP contribution in [0.1, 0.15) is 24.8 Å². The first-order valence-corrected chi connectivity index (χ1v) is 12.4. The Kier molecular flexibility index (Phi) is 13.3. The lowest BCUT2D eigenvalue weighted by Gasteiger charge is -2.24. The molecule has 4 unspecified atom stereocenters. The Bertz CT molecular complexity index is 913. The van der Waals surface area contributed by atoms with Gasteiger partial charge in [-0.2, -0.15) is 11.8 Å². The average molecular weight is 529 g/mol. The molecule has 0 spiro atoms. The molecule has 0 bridgehead atoms. The molecule has 0 aliphatic rings. The van der Waals surface area contributed by atoms with Crippen molar-refractivity contribution in [1.29, 1.82) is 0 Å². The van der Waals surface area contributed by atoms with E-state index in [0.717, 1.165) is 0 Å². The number of carboxylic acids is 2. The summed E-state index contributed by atoms with van der Waals surface area (Å²) >= 11 is 1.37. The molecule has 9 N–H and O–H groups in total. The lowest BCUT2D eigenvalue weighted by atomic mass is 10.1. The highest BCUT2D eigenvalue weighted by atomic mass is 32.2. The summed E-state index contributed by atoms with van der Waals surface area (Å²) in [6, 6.07) is 0.832. The predicted octanol–water partition coefficient (Wildman–Crippen LogP) is -1.59. The van der Waals surface area contributed by atoms with Gasteiger partial charge in [0.15, 0.2) is 0 Å². The van der Waals surface area contributed by atoms with Crippen LogP contribution in [0.25, 0.3) is 0 Å². The Labute approximate surface area is 211 Å². The number of carbonyl (C=O) groups is 5. The van der Waals surface area contributed by atoms with Crippen LogP contribution in [-0.4, -0.2) is 92.9 Å². The normalized spacial score (nSPS) is 14.1. The van der Waals surface area contributed by atoms with Gasteiger partial charge in [0.2, 0.25) is 17.7 Å². The number of carboxylic acid groups (broad SMARTS) is 2. The maximum atomic E-state index is 12.7. The van der Waals surface area contributed by atoms with E-state index in [1.165, 1.54) is 23.9 Å². The van der Waals surface area contributed by atoms with E-state index in [0.29, 0.717) is 11.3 Å². The highest BCUT2D eigenvalue weighted by Crippen LogP contribution is 2.11. The number of aliphatic hydroxyl groups is 1. The molecular weight excluding hydrogens is 496 g/mol. The Balaban J connectivity index is 2.81. The molecule has 13 nitrogen and oxygen atoms in total. The fourth-order valence-corrected chi connectivity index (χ4v) is 3.50. The van der Waals surface area contributed by atoms with Crippen molar-refractivity contribution >= 4 is 41.4 Å². The Morgan fingerprint density at radius 1 is 0.889 bits per heavy atom. The minimum atomic E-state index is -1.48. The van der Waals surface area contributed by atoms with Crippen LogP contribution in [0.4, 0.5) is 0 Å². The molecule has 0 aliphatic carbocycles. The maximum absolute atomic E-state index is 12.7. The molecule has 36 heavy (non-hydrogen) atoms. The summed E-state index contributed by atoms with van der Waals surface area (Å²) in [6.07, 6.45) is 1.12. The zero-order chi connectivity index (χ0) is 27.3. The average Bonchev–Trinajstić information content (AvgIpc) is 2.83. The maximum Gasteiger partial charge on any atom is 0.326 e. The van der Waals surface area contributed by atoms with E-state index < -0.39 is 66.9 Å². The summed E-state index contributed by atoms with van der Waals surface area (Å²) in [5.41, 5.74) is 6.54. The van der Waals surface area contributed by atoms with Gasteiger partial charge in [-0.05, 0) is 49.0 Å². The van der Waals surface area contributed by atoms with Crippen molar-refractivity contribution in [1.82, 2.24) is 16.0 Å². The second-order valence-corrected chi connectivity index (χ2v) is 8.88. The Morgan fingerprint density at radius 2 is 1.44 bits per heavy atom. The molecule has 1 rings (SSSR count). The fourth-order valence-electron chi connectivity index (χ4n) is 3.03. The smallest absolute Gasteiger partial charge is 0.326 e. The summed E-state index contributed by atoms with van der Waals surface area (Å²) < 4.78 is 0. The van der Waals surface area contributed by atoms with Crippen molar-refractivity contribution in [3.8, 4) is 5.75 Å². The van der Waals surface area contributed by atoms with Crippen molar-refractivity contribution in [2.75, 3.05) is 18.6 Å². The number of nitrogens with two attached hydrogens (primary N) is 1. The van der Waals surface area contributed by atoms with Crippen LogP contribution in [0.3, 0.4) is 0 Å². The van der Waals surface area contributed by atoms with Crippen molar-refractivity contribution in [2.45, 2.75) is 49.9 Å². The first-order chi connectivity index (χ1) is 17.0.